The molecule has 1 aromatic rings. The Morgan fingerprint density at radius 3 is 2.91 bits per heavy atom. The van der Waals surface area contributed by atoms with Crippen molar-refractivity contribution in [2.45, 2.75) is 56.6 Å². The number of hydrogen-bond acceptors (Lipinski definition) is 3. The number of unbranched alkanes of at least 4 members (excludes halogenated alkanes) is 1. The first-order chi connectivity index (χ1) is 10.6. The third kappa shape index (κ3) is 1.40. The van der Waals surface area contributed by atoms with Crippen LogP contribution < -0.4 is 4.90 Å². The van der Waals surface area contributed by atoms with Gasteiger partial charge in [0.2, 0.25) is 0 Å². The highest BCUT2D eigenvalue weighted by Crippen LogP contribution is 2.64. The molecule has 0 amide bonds. The van der Waals surface area contributed by atoms with Gasteiger partial charge in [0, 0.05) is 12.7 Å². The molecule has 1 spiro atoms. The van der Waals surface area contributed by atoms with E-state index in [1.54, 1.807) is 0 Å². The predicted molar refractivity (Wildman–Crippen MR) is 87.0 cm³/mol. The average molecular weight is 297 g/mol. The Labute approximate surface area is 132 Å². The van der Waals surface area contributed by atoms with E-state index in [0.29, 0.717) is 6.42 Å². The third-order valence-electron chi connectivity index (χ3n) is 5.89. The van der Waals surface area contributed by atoms with E-state index in [-0.39, 0.29) is 17.4 Å². The highest BCUT2D eigenvalue weighted by atomic mass is 16.6. The van der Waals surface area contributed by atoms with Gasteiger partial charge >= 0.3 is 5.97 Å². The molecule has 1 fully saturated rings. The summed E-state index contributed by atoms with van der Waals surface area (Å²) in [6.07, 6.45) is 5.87. The molecule has 0 saturated carbocycles. The molecule has 22 heavy (non-hydrogen) atoms. The summed E-state index contributed by atoms with van der Waals surface area (Å²) in [7, 11) is 2.15. The van der Waals surface area contributed by atoms with Gasteiger partial charge in [-0.3, -0.25) is 4.79 Å². The summed E-state index contributed by atoms with van der Waals surface area (Å²) in [5.74, 6) is -0.0463. The number of ether oxygens (including phenoxy) is 1. The number of nitrogens with zero attached hydrogens (tertiary/aromatic N) is 1. The van der Waals surface area contributed by atoms with Gasteiger partial charge in [-0.1, -0.05) is 31.5 Å². The van der Waals surface area contributed by atoms with Crippen LogP contribution in [0.1, 0.15) is 45.1 Å². The van der Waals surface area contributed by atoms with Gasteiger partial charge < -0.3 is 9.64 Å². The van der Waals surface area contributed by atoms with E-state index in [1.165, 1.54) is 16.8 Å². The largest absolute Gasteiger partial charge is 0.454 e. The number of fused-ring (bicyclic) bond motifs is 1. The number of benzene rings is 1. The van der Waals surface area contributed by atoms with E-state index in [4.69, 9.17) is 4.74 Å². The number of rotatable bonds is 3. The number of carbonyl (C=O) groups excluding carboxylic acids is 1. The normalized spacial score (nSPS) is 35.0. The zero-order valence-corrected chi connectivity index (χ0v) is 13.6. The Morgan fingerprint density at radius 2 is 2.14 bits per heavy atom. The highest BCUT2D eigenvalue weighted by Gasteiger charge is 2.71. The van der Waals surface area contributed by atoms with Crippen molar-refractivity contribution in [3.05, 3.63) is 41.5 Å². The van der Waals surface area contributed by atoms with E-state index < -0.39 is 5.60 Å². The molecule has 0 N–H and O–H groups in total. The molecular weight excluding hydrogens is 274 g/mol. The molecule has 116 valence electrons. The first kappa shape index (κ1) is 13.9. The van der Waals surface area contributed by atoms with Crippen LogP contribution >= 0.6 is 0 Å². The lowest BCUT2D eigenvalue weighted by Gasteiger charge is -2.39. The van der Waals surface area contributed by atoms with Crippen molar-refractivity contribution in [2.75, 3.05) is 11.9 Å². The summed E-state index contributed by atoms with van der Waals surface area (Å²) in [6, 6.07) is 8.78. The van der Waals surface area contributed by atoms with E-state index in [2.05, 4.69) is 56.1 Å². The quantitative estimate of drug-likeness (QED) is 0.631. The molecule has 3 atom stereocenters. The predicted octanol–water partition coefficient (Wildman–Crippen LogP) is 3.58. The van der Waals surface area contributed by atoms with E-state index >= 15 is 0 Å². The maximum Gasteiger partial charge on any atom is 0.307 e. The number of hydrogen-bond donors (Lipinski definition) is 0. The Morgan fingerprint density at radius 1 is 1.36 bits per heavy atom. The molecule has 0 bridgehead atoms. The van der Waals surface area contributed by atoms with Crippen LogP contribution in [-0.4, -0.2) is 24.7 Å². The molecule has 1 aliphatic carbocycles. The maximum atomic E-state index is 12.3. The Bertz CT molecular complexity index is 680. The second kappa shape index (κ2) is 4.37. The van der Waals surface area contributed by atoms with Crippen LogP contribution in [0.15, 0.2) is 35.9 Å². The van der Waals surface area contributed by atoms with E-state index in [1.807, 2.05) is 0 Å². The zero-order valence-electron chi connectivity index (χ0n) is 13.6. The first-order valence-electron chi connectivity index (χ1n) is 8.29. The molecule has 1 aromatic carbocycles. The van der Waals surface area contributed by atoms with Gasteiger partial charge in [-0.15, -0.1) is 0 Å². The fraction of sp³-hybridized carbons (Fsp3) is 0.526. The van der Waals surface area contributed by atoms with Crippen molar-refractivity contribution in [3.8, 4) is 0 Å². The van der Waals surface area contributed by atoms with Crippen LogP contribution in [0.3, 0.4) is 0 Å². The van der Waals surface area contributed by atoms with Crippen molar-refractivity contribution >= 4 is 11.7 Å². The van der Waals surface area contributed by atoms with Crippen LogP contribution in [0.25, 0.3) is 0 Å². The number of anilines is 1. The van der Waals surface area contributed by atoms with Crippen LogP contribution in [0.4, 0.5) is 5.69 Å². The highest BCUT2D eigenvalue weighted by molar-refractivity contribution is 5.83. The van der Waals surface area contributed by atoms with Crippen LogP contribution in [0.2, 0.25) is 0 Å². The topological polar surface area (TPSA) is 29.5 Å². The Hall–Kier alpha value is -1.77. The molecule has 3 heteroatoms. The van der Waals surface area contributed by atoms with Crippen LogP contribution in [-0.2, 0) is 14.9 Å². The second-order valence-corrected chi connectivity index (χ2v) is 7.03. The first-order valence-corrected chi connectivity index (χ1v) is 8.29. The van der Waals surface area contributed by atoms with Gasteiger partial charge in [0.25, 0.3) is 0 Å². The minimum absolute atomic E-state index is 0.0463. The minimum Gasteiger partial charge on any atom is -0.454 e. The fourth-order valence-corrected chi connectivity index (χ4v) is 5.22. The summed E-state index contributed by atoms with van der Waals surface area (Å²) in [5.41, 5.74) is 3.20. The summed E-state index contributed by atoms with van der Waals surface area (Å²) in [4.78, 5) is 14.7. The lowest BCUT2D eigenvalue weighted by Crippen LogP contribution is -2.51. The molecule has 3 aliphatic rings. The van der Waals surface area contributed by atoms with Crippen molar-refractivity contribution < 1.29 is 9.53 Å². The number of para-hydroxylation sites is 1. The lowest BCUT2D eigenvalue weighted by atomic mass is 9.65. The van der Waals surface area contributed by atoms with Gasteiger partial charge in [-0.05, 0) is 43.0 Å². The van der Waals surface area contributed by atoms with Crippen LogP contribution in [0, 0.1) is 0 Å². The van der Waals surface area contributed by atoms with Crippen molar-refractivity contribution in [1.82, 2.24) is 0 Å². The molecule has 3 nitrogen and oxygen atoms in total. The maximum absolute atomic E-state index is 12.3. The van der Waals surface area contributed by atoms with E-state index in [9.17, 15) is 4.79 Å². The molecule has 4 rings (SSSR count). The van der Waals surface area contributed by atoms with Crippen molar-refractivity contribution in [2.24, 2.45) is 0 Å². The Balaban J connectivity index is 1.95. The van der Waals surface area contributed by atoms with Gasteiger partial charge in [0.05, 0.1) is 17.9 Å². The molecule has 0 aromatic heterocycles. The van der Waals surface area contributed by atoms with Crippen molar-refractivity contribution in [3.63, 3.8) is 0 Å². The number of carbonyl (C=O) groups is 1. The molecule has 0 unspecified atom stereocenters. The summed E-state index contributed by atoms with van der Waals surface area (Å²) in [5, 5.41) is 0. The zero-order chi connectivity index (χ0) is 15.5. The Kier molecular flexibility index (Phi) is 2.76. The van der Waals surface area contributed by atoms with Gasteiger partial charge in [-0.25, -0.2) is 0 Å². The standard InChI is InChI=1S/C19H23NO2/c1-4-5-10-18-11-13(2)17-19(18,12-16(21)22-18)14-8-6-7-9-15(14)20(17)3/h6-9,11,17H,4-5,10,12H2,1-3H3/t17-,18-,19-/m0/s1. The third-order valence-corrected chi connectivity index (χ3v) is 5.89. The summed E-state index contributed by atoms with van der Waals surface area (Å²) < 4.78 is 6.01. The molecule has 1 saturated heterocycles. The van der Waals surface area contributed by atoms with Crippen molar-refractivity contribution in [1.29, 1.82) is 0 Å². The molecule has 0 radical (unpaired) electrons. The minimum atomic E-state index is -0.449. The monoisotopic (exact) mass is 297 g/mol. The molecule has 2 aliphatic heterocycles. The summed E-state index contributed by atoms with van der Waals surface area (Å²) in [6.45, 7) is 4.38. The van der Waals surface area contributed by atoms with E-state index in [0.717, 1.165) is 19.3 Å². The summed E-state index contributed by atoms with van der Waals surface area (Å²) >= 11 is 0. The van der Waals surface area contributed by atoms with Crippen LogP contribution in [0.5, 0.6) is 0 Å². The fourth-order valence-electron chi connectivity index (χ4n) is 5.22. The molecular formula is C19H23NO2. The average Bonchev–Trinajstić information content (AvgIpc) is 3.00. The second-order valence-electron chi connectivity index (χ2n) is 7.03. The van der Waals surface area contributed by atoms with Gasteiger partial charge in [-0.2, -0.15) is 0 Å². The smallest absolute Gasteiger partial charge is 0.307 e. The van der Waals surface area contributed by atoms with Gasteiger partial charge in [0.1, 0.15) is 5.60 Å². The number of likely N-dealkylation sites (N-methyl/N-ethyl adjacent to an activating group) is 1. The molecule has 2 heterocycles. The SMILES string of the molecule is CCCC[C@]12C=C(C)[C@@H]3N(C)c4ccccc4[C@@]31CC(=O)O2. The lowest BCUT2D eigenvalue weighted by molar-refractivity contribution is -0.146. The van der Waals surface area contributed by atoms with Gasteiger partial charge in [0.15, 0.2) is 0 Å². The number of esters is 1.